The second-order valence-corrected chi connectivity index (χ2v) is 7.76. The van der Waals surface area contributed by atoms with Crippen LogP contribution in [0.15, 0.2) is 6.07 Å². The Hall–Kier alpha value is -1.04. The maximum Gasteiger partial charge on any atom is 0.152 e. The fourth-order valence-corrected chi connectivity index (χ4v) is 3.95. The van der Waals surface area contributed by atoms with Crippen LogP contribution in [-0.4, -0.2) is 29.7 Å². The van der Waals surface area contributed by atoms with Gasteiger partial charge in [-0.05, 0) is 12.3 Å². The molecule has 0 amide bonds. The number of hydrogen-bond donors (Lipinski definition) is 1. The molecule has 0 saturated carbocycles. The van der Waals surface area contributed by atoms with Crippen LogP contribution >= 0.6 is 0 Å². The molecule has 18 heavy (non-hydrogen) atoms. The smallest absolute Gasteiger partial charge is 0.152 e. The van der Waals surface area contributed by atoms with Gasteiger partial charge in [0.05, 0.1) is 23.2 Å². The van der Waals surface area contributed by atoms with Crippen LogP contribution in [0.5, 0.6) is 0 Å². The molecule has 0 aliphatic carbocycles. The summed E-state index contributed by atoms with van der Waals surface area (Å²) in [5, 5.41) is 4.51. The van der Waals surface area contributed by atoms with Gasteiger partial charge in [0.15, 0.2) is 9.84 Å². The van der Waals surface area contributed by atoms with E-state index in [9.17, 15) is 8.42 Å². The maximum absolute atomic E-state index is 11.5. The highest BCUT2D eigenvalue weighted by Crippen LogP contribution is 2.29. The molecule has 0 spiro atoms. The van der Waals surface area contributed by atoms with Gasteiger partial charge in [-0.25, -0.2) is 13.1 Å². The van der Waals surface area contributed by atoms with E-state index in [1.54, 1.807) is 4.68 Å². The predicted octanol–water partition coefficient (Wildman–Crippen LogP) is 1.58. The van der Waals surface area contributed by atoms with Crippen LogP contribution in [0.2, 0.25) is 0 Å². The molecule has 2 heterocycles. The number of aromatic nitrogens is 2. The topological polar surface area (TPSA) is 78.0 Å². The van der Waals surface area contributed by atoms with E-state index in [1.807, 2.05) is 6.07 Å². The minimum Gasteiger partial charge on any atom is -0.384 e. The molecule has 2 unspecified atom stereocenters. The van der Waals surface area contributed by atoms with Crippen molar-refractivity contribution in [3.8, 4) is 0 Å². The van der Waals surface area contributed by atoms with Gasteiger partial charge < -0.3 is 5.73 Å². The van der Waals surface area contributed by atoms with Crippen molar-refractivity contribution >= 4 is 15.7 Å². The quantitative estimate of drug-likeness (QED) is 0.905. The fraction of sp³-hybridized carbons (Fsp3) is 0.750. The third kappa shape index (κ3) is 2.53. The molecule has 5 nitrogen and oxygen atoms in total. The molecule has 102 valence electrons. The van der Waals surface area contributed by atoms with E-state index in [1.165, 1.54) is 0 Å². The van der Waals surface area contributed by atoms with Gasteiger partial charge in [-0.15, -0.1) is 0 Å². The zero-order chi connectivity index (χ0) is 13.5. The van der Waals surface area contributed by atoms with E-state index < -0.39 is 9.84 Å². The van der Waals surface area contributed by atoms with Crippen LogP contribution < -0.4 is 5.73 Å². The molecule has 2 atom stereocenters. The molecule has 1 aromatic rings. The highest BCUT2D eigenvalue weighted by Gasteiger charge is 2.31. The van der Waals surface area contributed by atoms with Gasteiger partial charge in [0.2, 0.25) is 0 Å². The van der Waals surface area contributed by atoms with Crippen LogP contribution in [0, 0.1) is 5.92 Å². The van der Waals surface area contributed by atoms with Crippen molar-refractivity contribution in [2.75, 3.05) is 17.2 Å². The summed E-state index contributed by atoms with van der Waals surface area (Å²) in [5.41, 5.74) is 6.90. The summed E-state index contributed by atoms with van der Waals surface area (Å²) in [5.74, 6) is 1.78. The molecule has 6 heteroatoms. The Kier molecular flexibility index (Phi) is 3.40. The molecule has 1 aromatic heterocycles. The van der Waals surface area contributed by atoms with Crippen LogP contribution in [-0.2, 0) is 9.84 Å². The number of nitrogen functional groups attached to an aromatic ring is 1. The third-order valence-corrected chi connectivity index (χ3v) is 5.55. The van der Waals surface area contributed by atoms with Crippen molar-refractivity contribution in [1.82, 2.24) is 9.78 Å². The predicted molar refractivity (Wildman–Crippen MR) is 72.2 cm³/mol. The van der Waals surface area contributed by atoms with Gasteiger partial charge >= 0.3 is 0 Å². The standard InChI is InChI=1S/C12H21N3O2S/c1-8(2)9(3)11-6-12(13)15(14-11)10-4-5-18(16,17)7-10/h6,8-10H,4-5,7,13H2,1-3H3. The van der Waals surface area contributed by atoms with Gasteiger partial charge in [0.1, 0.15) is 5.82 Å². The summed E-state index contributed by atoms with van der Waals surface area (Å²) in [6, 6.07) is 1.78. The number of nitrogens with zero attached hydrogens (tertiary/aromatic N) is 2. The number of nitrogens with two attached hydrogens (primary N) is 1. The summed E-state index contributed by atoms with van der Waals surface area (Å²) in [7, 11) is -2.90. The van der Waals surface area contributed by atoms with Crippen molar-refractivity contribution in [1.29, 1.82) is 0 Å². The summed E-state index contributed by atoms with van der Waals surface area (Å²) in [6.07, 6.45) is 0.615. The second kappa shape index (κ2) is 4.57. The van der Waals surface area contributed by atoms with Gasteiger partial charge in [-0.3, -0.25) is 0 Å². The highest BCUT2D eigenvalue weighted by molar-refractivity contribution is 7.91. The lowest BCUT2D eigenvalue weighted by Crippen LogP contribution is -2.15. The maximum atomic E-state index is 11.5. The molecule has 2 N–H and O–H groups in total. The SMILES string of the molecule is CC(C)C(C)c1cc(N)n(C2CCS(=O)(=O)C2)n1. The normalized spacial score (nSPS) is 24.6. The minimum atomic E-state index is -2.90. The lowest BCUT2D eigenvalue weighted by molar-refractivity contribution is 0.474. The Balaban J connectivity index is 2.25. The van der Waals surface area contributed by atoms with E-state index in [4.69, 9.17) is 5.73 Å². The van der Waals surface area contributed by atoms with E-state index >= 15 is 0 Å². The van der Waals surface area contributed by atoms with Gasteiger partial charge in [0.25, 0.3) is 0 Å². The summed E-state index contributed by atoms with van der Waals surface area (Å²) in [4.78, 5) is 0. The van der Waals surface area contributed by atoms with E-state index in [0.717, 1.165) is 5.69 Å². The number of anilines is 1. The van der Waals surface area contributed by atoms with Gasteiger partial charge in [0, 0.05) is 12.0 Å². The lowest BCUT2D eigenvalue weighted by atomic mass is 9.95. The fourth-order valence-electron chi connectivity index (χ4n) is 2.25. The molecule has 0 radical (unpaired) electrons. The molecule has 0 aromatic carbocycles. The highest BCUT2D eigenvalue weighted by atomic mass is 32.2. The molecule has 0 bridgehead atoms. The zero-order valence-corrected chi connectivity index (χ0v) is 11.9. The second-order valence-electron chi connectivity index (χ2n) is 5.53. The molecule has 2 rings (SSSR count). The molecule has 1 fully saturated rings. The number of hydrogen-bond acceptors (Lipinski definition) is 4. The van der Waals surface area contributed by atoms with E-state index in [-0.39, 0.29) is 17.5 Å². The van der Waals surface area contributed by atoms with Crippen molar-refractivity contribution in [2.45, 2.75) is 39.2 Å². The average Bonchev–Trinajstić information content (AvgIpc) is 2.80. The Labute approximate surface area is 108 Å². The van der Waals surface area contributed by atoms with Crippen molar-refractivity contribution < 1.29 is 8.42 Å². The zero-order valence-electron chi connectivity index (χ0n) is 11.1. The largest absolute Gasteiger partial charge is 0.384 e. The number of sulfone groups is 1. The van der Waals surface area contributed by atoms with Crippen molar-refractivity contribution in [2.24, 2.45) is 5.92 Å². The van der Waals surface area contributed by atoms with Crippen LogP contribution in [0.25, 0.3) is 0 Å². The summed E-state index contributed by atoms with van der Waals surface area (Å²) in [6.45, 7) is 6.39. The summed E-state index contributed by atoms with van der Waals surface area (Å²) < 4.78 is 24.7. The van der Waals surface area contributed by atoms with Gasteiger partial charge in [-0.2, -0.15) is 5.10 Å². The van der Waals surface area contributed by atoms with Crippen molar-refractivity contribution in [3.63, 3.8) is 0 Å². The monoisotopic (exact) mass is 271 g/mol. The molecular weight excluding hydrogens is 250 g/mol. The first-order valence-corrected chi connectivity index (χ1v) is 8.17. The first-order valence-electron chi connectivity index (χ1n) is 6.35. The lowest BCUT2D eigenvalue weighted by Gasteiger charge is -2.13. The number of rotatable bonds is 3. The van der Waals surface area contributed by atoms with Crippen molar-refractivity contribution in [3.05, 3.63) is 11.8 Å². The summed E-state index contributed by atoms with van der Waals surface area (Å²) >= 11 is 0. The average molecular weight is 271 g/mol. The van der Waals surface area contributed by atoms with Crippen LogP contribution in [0.3, 0.4) is 0 Å². The van der Waals surface area contributed by atoms with Crippen LogP contribution in [0.4, 0.5) is 5.82 Å². The molecular formula is C12H21N3O2S. The Bertz CT molecular complexity index is 534. The molecule has 1 saturated heterocycles. The van der Waals surface area contributed by atoms with E-state index in [2.05, 4.69) is 25.9 Å². The minimum absolute atomic E-state index is 0.0943. The Morgan fingerprint density at radius 1 is 1.44 bits per heavy atom. The first kappa shape index (κ1) is 13.4. The Morgan fingerprint density at radius 3 is 2.61 bits per heavy atom. The van der Waals surface area contributed by atoms with E-state index in [0.29, 0.717) is 24.1 Å². The van der Waals surface area contributed by atoms with Gasteiger partial charge in [-0.1, -0.05) is 20.8 Å². The Morgan fingerprint density at radius 2 is 2.11 bits per heavy atom. The first-order chi connectivity index (χ1) is 8.30. The molecule has 1 aliphatic rings. The van der Waals surface area contributed by atoms with Crippen LogP contribution in [0.1, 0.15) is 44.8 Å². The third-order valence-electron chi connectivity index (χ3n) is 3.80. The molecule has 1 aliphatic heterocycles.